The molecule has 172 valence electrons. The standard InChI is InChI=1S/C26H28N2O5/c1-32-24-15-21(12-13-23(24)29)14-22(26(31)33-18-20-10-6-3-7-11-20)28-25(30)17-27-16-19-8-4-2-5-9-19/h2-13,15,22,27,29H,14,16-18H2,1H3,(H,28,30). The summed E-state index contributed by atoms with van der Waals surface area (Å²) in [6.45, 7) is 0.694. The molecule has 0 spiro atoms. The first-order chi connectivity index (χ1) is 16.0. The summed E-state index contributed by atoms with van der Waals surface area (Å²) in [4.78, 5) is 25.4. The molecule has 1 unspecified atom stereocenters. The number of esters is 1. The van der Waals surface area contributed by atoms with Crippen LogP contribution in [0, 0.1) is 0 Å². The summed E-state index contributed by atoms with van der Waals surface area (Å²) in [7, 11) is 1.45. The molecule has 0 aliphatic heterocycles. The van der Waals surface area contributed by atoms with E-state index in [1.165, 1.54) is 13.2 Å². The number of phenolic OH excluding ortho intramolecular Hbond substituents is 1. The minimum atomic E-state index is -0.894. The first-order valence-electron chi connectivity index (χ1n) is 10.7. The van der Waals surface area contributed by atoms with Gasteiger partial charge in [-0.05, 0) is 28.8 Å². The third kappa shape index (κ3) is 7.66. The third-order valence-corrected chi connectivity index (χ3v) is 4.99. The second-order valence-electron chi connectivity index (χ2n) is 7.51. The lowest BCUT2D eigenvalue weighted by atomic mass is 10.0. The van der Waals surface area contributed by atoms with Gasteiger partial charge in [-0.1, -0.05) is 66.7 Å². The van der Waals surface area contributed by atoms with Crippen LogP contribution in [0.4, 0.5) is 0 Å². The van der Waals surface area contributed by atoms with Crippen LogP contribution in [0.2, 0.25) is 0 Å². The van der Waals surface area contributed by atoms with Gasteiger partial charge in [0.2, 0.25) is 5.91 Å². The zero-order chi connectivity index (χ0) is 23.5. The number of carbonyl (C=O) groups excluding carboxylic acids is 2. The Morgan fingerprint density at radius 1 is 0.909 bits per heavy atom. The number of phenols is 1. The molecule has 33 heavy (non-hydrogen) atoms. The number of hydrogen-bond donors (Lipinski definition) is 3. The van der Waals surface area contributed by atoms with Crippen molar-refractivity contribution in [3.05, 3.63) is 95.6 Å². The lowest BCUT2D eigenvalue weighted by molar-refractivity contribution is -0.149. The second-order valence-corrected chi connectivity index (χ2v) is 7.51. The number of methoxy groups -OCH3 is 1. The van der Waals surface area contributed by atoms with Gasteiger partial charge in [-0.2, -0.15) is 0 Å². The number of nitrogens with one attached hydrogen (secondary N) is 2. The molecular weight excluding hydrogens is 420 g/mol. The highest BCUT2D eigenvalue weighted by Crippen LogP contribution is 2.26. The average molecular weight is 449 g/mol. The van der Waals surface area contributed by atoms with Crippen LogP contribution in [-0.2, 0) is 33.9 Å². The van der Waals surface area contributed by atoms with E-state index in [1.807, 2.05) is 60.7 Å². The number of benzene rings is 3. The van der Waals surface area contributed by atoms with Crippen LogP contribution in [0.15, 0.2) is 78.9 Å². The Bertz CT molecular complexity index is 1040. The molecule has 3 aromatic carbocycles. The fraction of sp³-hybridized carbons (Fsp3) is 0.231. The van der Waals surface area contributed by atoms with Crippen molar-refractivity contribution in [1.82, 2.24) is 10.6 Å². The predicted octanol–water partition coefficient (Wildman–Crippen LogP) is 2.96. The third-order valence-electron chi connectivity index (χ3n) is 4.99. The maximum atomic E-state index is 12.8. The van der Waals surface area contributed by atoms with E-state index >= 15 is 0 Å². The molecule has 0 radical (unpaired) electrons. The summed E-state index contributed by atoms with van der Waals surface area (Å²) in [5.74, 6) is -0.570. The van der Waals surface area contributed by atoms with Gasteiger partial charge in [-0.25, -0.2) is 4.79 Å². The highest BCUT2D eigenvalue weighted by Gasteiger charge is 2.23. The van der Waals surface area contributed by atoms with Crippen molar-refractivity contribution >= 4 is 11.9 Å². The minimum Gasteiger partial charge on any atom is -0.504 e. The second kappa shape index (κ2) is 12.3. The van der Waals surface area contributed by atoms with Crippen molar-refractivity contribution in [2.24, 2.45) is 0 Å². The normalized spacial score (nSPS) is 11.4. The van der Waals surface area contributed by atoms with Crippen molar-refractivity contribution < 1.29 is 24.2 Å². The molecular formula is C26H28N2O5. The Morgan fingerprint density at radius 3 is 2.24 bits per heavy atom. The Hall–Kier alpha value is -3.84. The van der Waals surface area contributed by atoms with Gasteiger partial charge in [0.25, 0.3) is 0 Å². The van der Waals surface area contributed by atoms with Crippen LogP contribution in [0.25, 0.3) is 0 Å². The average Bonchev–Trinajstić information content (AvgIpc) is 2.84. The van der Waals surface area contributed by atoms with Crippen LogP contribution in [0.5, 0.6) is 11.5 Å². The number of carbonyl (C=O) groups is 2. The minimum absolute atomic E-state index is 0.00129. The van der Waals surface area contributed by atoms with Crippen LogP contribution < -0.4 is 15.4 Å². The zero-order valence-electron chi connectivity index (χ0n) is 18.5. The van der Waals surface area contributed by atoms with E-state index in [4.69, 9.17) is 9.47 Å². The van der Waals surface area contributed by atoms with Crippen LogP contribution in [0.1, 0.15) is 16.7 Å². The summed E-state index contributed by atoms with van der Waals surface area (Å²) < 4.78 is 10.6. The van der Waals surface area contributed by atoms with Crippen molar-refractivity contribution in [3.8, 4) is 11.5 Å². The lowest BCUT2D eigenvalue weighted by Crippen LogP contribution is -2.46. The molecule has 0 aromatic heterocycles. The maximum Gasteiger partial charge on any atom is 0.329 e. The molecule has 0 heterocycles. The Labute approximate surface area is 193 Å². The first-order valence-corrected chi connectivity index (χ1v) is 10.7. The SMILES string of the molecule is COc1cc(CC(NC(=O)CNCc2ccccc2)C(=O)OCc2ccccc2)ccc1O. The quantitative estimate of drug-likeness (QED) is 0.390. The smallest absolute Gasteiger partial charge is 0.329 e. The van der Waals surface area contributed by atoms with E-state index in [1.54, 1.807) is 12.1 Å². The topological polar surface area (TPSA) is 96.9 Å². The molecule has 0 saturated carbocycles. The highest BCUT2D eigenvalue weighted by molar-refractivity contribution is 5.85. The fourth-order valence-corrected chi connectivity index (χ4v) is 3.27. The molecule has 0 aliphatic rings. The number of aromatic hydroxyl groups is 1. The van der Waals surface area contributed by atoms with Gasteiger partial charge in [0, 0.05) is 13.0 Å². The van der Waals surface area contributed by atoms with E-state index in [-0.39, 0.29) is 31.2 Å². The van der Waals surface area contributed by atoms with E-state index in [0.29, 0.717) is 17.9 Å². The zero-order valence-corrected chi connectivity index (χ0v) is 18.5. The fourth-order valence-electron chi connectivity index (χ4n) is 3.27. The Morgan fingerprint density at radius 2 is 1.58 bits per heavy atom. The van der Waals surface area contributed by atoms with Crippen LogP contribution in [0.3, 0.4) is 0 Å². The molecule has 3 N–H and O–H groups in total. The van der Waals surface area contributed by atoms with Gasteiger partial charge >= 0.3 is 5.97 Å². The summed E-state index contributed by atoms with van der Waals surface area (Å²) in [6.07, 6.45) is 0.189. The summed E-state index contributed by atoms with van der Waals surface area (Å²) in [5, 5.41) is 15.7. The Balaban J connectivity index is 1.63. The molecule has 0 fully saturated rings. The summed E-state index contributed by atoms with van der Waals surface area (Å²) in [5.41, 5.74) is 2.62. The molecule has 1 amide bonds. The predicted molar refractivity (Wildman–Crippen MR) is 125 cm³/mol. The van der Waals surface area contributed by atoms with Crippen LogP contribution >= 0.6 is 0 Å². The molecule has 3 rings (SSSR count). The summed E-state index contributed by atoms with van der Waals surface area (Å²) in [6, 6.07) is 23.0. The van der Waals surface area contributed by atoms with Gasteiger partial charge in [0.05, 0.1) is 13.7 Å². The molecule has 0 saturated heterocycles. The van der Waals surface area contributed by atoms with Crippen molar-refractivity contribution in [1.29, 1.82) is 0 Å². The molecule has 0 bridgehead atoms. The van der Waals surface area contributed by atoms with Crippen LogP contribution in [-0.4, -0.2) is 36.7 Å². The lowest BCUT2D eigenvalue weighted by Gasteiger charge is -2.19. The van der Waals surface area contributed by atoms with Gasteiger partial charge in [0.15, 0.2) is 11.5 Å². The van der Waals surface area contributed by atoms with Gasteiger partial charge in [0.1, 0.15) is 12.6 Å². The molecule has 1 atom stereocenters. The summed E-state index contributed by atoms with van der Waals surface area (Å²) >= 11 is 0. The van der Waals surface area contributed by atoms with E-state index < -0.39 is 12.0 Å². The molecule has 0 aliphatic carbocycles. The number of ether oxygens (including phenoxy) is 2. The van der Waals surface area contributed by atoms with E-state index in [2.05, 4.69) is 10.6 Å². The number of hydrogen-bond acceptors (Lipinski definition) is 6. The van der Waals surface area contributed by atoms with Crippen molar-refractivity contribution in [2.45, 2.75) is 25.6 Å². The number of amides is 1. The van der Waals surface area contributed by atoms with Gasteiger partial charge in [-0.3, -0.25) is 4.79 Å². The van der Waals surface area contributed by atoms with E-state index in [9.17, 15) is 14.7 Å². The van der Waals surface area contributed by atoms with E-state index in [0.717, 1.165) is 11.1 Å². The monoisotopic (exact) mass is 448 g/mol. The molecule has 3 aromatic rings. The van der Waals surface area contributed by atoms with Crippen molar-refractivity contribution in [3.63, 3.8) is 0 Å². The maximum absolute atomic E-state index is 12.8. The first kappa shape index (κ1) is 23.8. The highest BCUT2D eigenvalue weighted by atomic mass is 16.5. The van der Waals surface area contributed by atoms with Gasteiger partial charge < -0.3 is 25.2 Å². The largest absolute Gasteiger partial charge is 0.504 e. The van der Waals surface area contributed by atoms with Gasteiger partial charge in [-0.15, -0.1) is 0 Å². The molecule has 7 nitrogen and oxygen atoms in total. The Kier molecular flexibility index (Phi) is 8.85. The van der Waals surface area contributed by atoms with Crippen molar-refractivity contribution in [2.75, 3.05) is 13.7 Å². The number of rotatable bonds is 11. The molecule has 7 heteroatoms.